The minimum atomic E-state index is 0.0388. The first-order valence-corrected chi connectivity index (χ1v) is 9.28. The molecule has 2 aliphatic carbocycles. The Balaban J connectivity index is 1.35. The molecule has 2 aromatic rings. The second kappa shape index (κ2) is 5.69. The average molecular weight is 340 g/mol. The van der Waals surface area contributed by atoms with E-state index in [-0.39, 0.29) is 12.0 Å². The normalized spacial score (nSPS) is 28.4. The number of nitrogens with zero attached hydrogens (tertiary/aromatic N) is 4. The lowest BCUT2D eigenvalue weighted by atomic mass is 9.76. The number of fused-ring (bicyclic) bond motifs is 2. The van der Waals surface area contributed by atoms with Gasteiger partial charge >= 0.3 is 0 Å². The Morgan fingerprint density at radius 3 is 3.04 bits per heavy atom. The molecule has 132 valence electrons. The molecule has 3 aliphatic rings. The highest BCUT2D eigenvalue weighted by atomic mass is 16.3. The summed E-state index contributed by atoms with van der Waals surface area (Å²) in [7, 11) is 0. The first-order chi connectivity index (χ1) is 12.2. The highest BCUT2D eigenvalue weighted by Gasteiger charge is 2.47. The third-order valence-electron chi connectivity index (χ3n) is 5.97. The second-order valence-corrected chi connectivity index (χ2v) is 7.89. The zero-order chi connectivity index (χ0) is 16.9. The summed E-state index contributed by atoms with van der Waals surface area (Å²) in [5.74, 6) is 2.98. The lowest BCUT2D eigenvalue weighted by Gasteiger charge is -2.28. The largest absolute Gasteiger partial charge is 0.396 e. The molecule has 2 atom stereocenters. The van der Waals surface area contributed by atoms with E-state index >= 15 is 0 Å². The number of hydrogen-bond donors (Lipinski definition) is 3. The van der Waals surface area contributed by atoms with Crippen LogP contribution in [0.15, 0.2) is 18.3 Å². The topological polar surface area (TPSA) is 90.0 Å². The quantitative estimate of drug-likeness (QED) is 0.775. The Morgan fingerprint density at radius 2 is 2.24 bits per heavy atom. The van der Waals surface area contributed by atoms with E-state index in [2.05, 4.69) is 31.5 Å². The molecule has 0 amide bonds. The van der Waals surface area contributed by atoms with Gasteiger partial charge in [-0.25, -0.2) is 4.98 Å². The predicted octanol–water partition coefficient (Wildman–Crippen LogP) is 2.56. The highest BCUT2D eigenvalue weighted by Crippen LogP contribution is 2.46. The molecular formula is C18H24N6O. The van der Waals surface area contributed by atoms with E-state index in [1.54, 1.807) is 6.20 Å². The van der Waals surface area contributed by atoms with Crippen LogP contribution in [-0.4, -0.2) is 44.5 Å². The van der Waals surface area contributed by atoms with Crippen molar-refractivity contribution < 1.29 is 5.11 Å². The van der Waals surface area contributed by atoms with Crippen molar-refractivity contribution in [3.63, 3.8) is 0 Å². The third-order valence-corrected chi connectivity index (χ3v) is 5.97. The molecule has 5 rings (SSSR count). The van der Waals surface area contributed by atoms with Gasteiger partial charge in [0.1, 0.15) is 5.82 Å². The summed E-state index contributed by atoms with van der Waals surface area (Å²) in [4.78, 5) is 11.5. The van der Waals surface area contributed by atoms with Crippen LogP contribution >= 0.6 is 0 Å². The molecule has 0 radical (unpaired) electrons. The molecule has 0 aromatic carbocycles. The summed E-state index contributed by atoms with van der Waals surface area (Å²) in [6.45, 7) is 1.11. The Kier molecular flexibility index (Phi) is 3.45. The first kappa shape index (κ1) is 15.1. The third kappa shape index (κ3) is 2.76. The van der Waals surface area contributed by atoms with Crippen LogP contribution in [0.3, 0.4) is 0 Å². The van der Waals surface area contributed by atoms with Gasteiger partial charge in [-0.1, -0.05) is 6.42 Å². The number of nitrogens with one attached hydrogen (secondary N) is 2. The first-order valence-electron chi connectivity index (χ1n) is 9.28. The van der Waals surface area contributed by atoms with E-state index in [0.29, 0.717) is 12.0 Å². The van der Waals surface area contributed by atoms with Gasteiger partial charge in [-0.3, -0.25) is 5.10 Å². The van der Waals surface area contributed by atoms with Crippen LogP contribution in [0.2, 0.25) is 0 Å². The molecular weight excluding hydrogens is 316 g/mol. The number of anilines is 3. The molecule has 1 aliphatic heterocycles. The van der Waals surface area contributed by atoms with Gasteiger partial charge in [0.05, 0.1) is 6.61 Å². The fraction of sp³-hybridized carbons (Fsp3) is 0.611. The van der Waals surface area contributed by atoms with Crippen molar-refractivity contribution in [3.05, 3.63) is 24.0 Å². The van der Waals surface area contributed by atoms with Crippen LogP contribution in [0, 0.1) is 5.41 Å². The van der Waals surface area contributed by atoms with E-state index in [0.717, 1.165) is 43.4 Å². The number of H-pyrrole nitrogens is 1. The van der Waals surface area contributed by atoms with E-state index in [9.17, 15) is 5.11 Å². The van der Waals surface area contributed by atoms with Crippen LogP contribution in [0.5, 0.6) is 0 Å². The fourth-order valence-electron chi connectivity index (χ4n) is 4.44. The Morgan fingerprint density at radius 1 is 1.32 bits per heavy atom. The monoisotopic (exact) mass is 340 g/mol. The van der Waals surface area contributed by atoms with Crippen LogP contribution < -0.4 is 10.2 Å². The highest BCUT2D eigenvalue weighted by molar-refractivity contribution is 5.54. The Bertz CT molecular complexity index is 772. The van der Waals surface area contributed by atoms with E-state index in [1.807, 2.05) is 6.07 Å². The predicted molar refractivity (Wildman–Crippen MR) is 95.0 cm³/mol. The maximum absolute atomic E-state index is 9.84. The number of aliphatic hydroxyl groups is 1. The molecule has 3 heterocycles. The Labute approximate surface area is 146 Å². The van der Waals surface area contributed by atoms with Gasteiger partial charge in [0.25, 0.3) is 0 Å². The van der Waals surface area contributed by atoms with Gasteiger partial charge in [0, 0.05) is 41.9 Å². The van der Waals surface area contributed by atoms with Crippen molar-refractivity contribution in [1.29, 1.82) is 0 Å². The van der Waals surface area contributed by atoms with Gasteiger partial charge in [0.15, 0.2) is 5.82 Å². The van der Waals surface area contributed by atoms with Crippen molar-refractivity contribution in [3.8, 4) is 0 Å². The number of aromatic nitrogens is 4. The summed E-state index contributed by atoms with van der Waals surface area (Å²) in [6.07, 6.45) is 8.79. The van der Waals surface area contributed by atoms with Gasteiger partial charge < -0.3 is 15.3 Å². The molecule has 2 bridgehead atoms. The average Bonchev–Trinajstić information content (AvgIpc) is 3.33. The molecule has 2 unspecified atom stereocenters. The summed E-state index contributed by atoms with van der Waals surface area (Å²) in [5, 5.41) is 20.6. The van der Waals surface area contributed by atoms with Crippen LogP contribution in [0.25, 0.3) is 0 Å². The van der Waals surface area contributed by atoms with Crippen molar-refractivity contribution in [2.45, 2.75) is 50.5 Å². The van der Waals surface area contributed by atoms with Crippen LogP contribution in [0.1, 0.15) is 50.1 Å². The van der Waals surface area contributed by atoms with Crippen molar-refractivity contribution in [2.24, 2.45) is 5.41 Å². The molecule has 7 nitrogen and oxygen atoms in total. The summed E-state index contributed by atoms with van der Waals surface area (Å²) in [6, 6.07) is 4.39. The number of hydrogen-bond acceptors (Lipinski definition) is 6. The zero-order valence-corrected chi connectivity index (χ0v) is 14.3. The molecule has 1 saturated heterocycles. The van der Waals surface area contributed by atoms with Crippen LogP contribution in [-0.2, 0) is 0 Å². The maximum atomic E-state index is 9.84. The van der Waals surface area contributed by atoms with Gasteiger partial charge in [-0.2, -0.15) is 10.1 Å². The molecule has 25 heavy (non-hydrogen) atoms. The summed E-state index contributed by atoms with van der Waals surface area (Å²) < 4.78 is 0. The molecule has 3 N–H and O–H groups in total. The smallest absolute Gasteiger partial charge is 0.227 e. The summed E-state index contributed by atoms with van der Waals surface area (Å²) in [5.41, 5.74) is 1.24. The lowest BCUT2D eigenvalue weighted by Crippen LogP contribution is -2.31. The summed E-state index contributed by atoms with van der Waals surface area (Å²) >= 11 is 0. The number of rotatable bonds is 5. The fourth-order valence-corrected chi connectivity index (χ4v) is 4.44. The van der Waals surface area contributed by atoms with E-state index < -0.39 is 0 Å². The van der Waals surface area contributed by atoms with E-state index in [1.165, 1.54) is 25.0 Å². The molecule has 3 fully saturated rings. The van der Waals surface area contributed by atoms with Gasteiger partial charge in [-0.05, 0) is 38.2 Å². The second-order valence-electron chi connectivity index (χ2n) is 7.89. The molecule has 2 aromatic heterocycles. The minimum absolute atomic E-state index is 0.0388. The minimum Gasteiger partial charge on any atom is -0.396 e. The van der Waals surface area contributed by atoms with Crippen LogP contribution in [0.4, 0.5) is 17.6 Å². The molecule has 0 spiro atoms. The SMILES string of the molecule is OCC12CCCC(C1)N(c1nccc(Nc3cc(C4CC4)[nH]n3)n1)C2. The van der Waals surface area contributed by atoms with E-state index in [4.69, 9.17) is 4.98 Å². The maximum Gasteiger partial charge on any atom is 0.227 e. The van der Waals surface area contributed by atoms with Gasteiger partial charge in [-0.15, -0.1) is 0 Å². The van der Waals surface area contributed by atoms with Crippen molar-refractivity contribution in [1.82, 2.24) is 20.2 Å². The molecule has 7 heteroatoms. The Hall–Kier alpha value is -2.15. The number of aliphatic hydroxyl groups excluding tert-OH is 1. The number of aromatic amines is 1. The van der Waals surface area contributed by atoms with Crippen molar-refractivity contribution in [2.75, 3.05) is 23.4 Å². The van der Waals surface area contributed by atoms with Crippen molar-refractivity contribution >= 4 is 17.6 Å². The standard InChI is InChI=1S/C18H24N6O/c25-11-18-6-1-2-13(9-18)24(10-18)17-19-7-5-15(21-17)20-16-8-14(22-23-16)12-3-4-12/h5,7-8,12-13,25H,1-4,6,9-11H2,(H2,19,20,21,22,23). The lowest BCUT2D eigenvalue weighted by molar-refractivity contribution is 0.116. The van der Waals surface area contributed by atoms with Gasteiger partial charge in [0.2, 0.25) is 5.95 Å². The molecule has 2 saturated carbocycles. The zero-order valence-electron chi connectivity index (χ0n) is 14.3.